The highest BCUT2D eigenvalue weighted by molar-refractivity contribution is 7.11. The zero-order valence-electron chi connectivity index (χ0n) is 10.8. The predicted molar refractivity (Wildman–Crippen MR) is 74.9 cm³/mol. The van der Waals surface area contributed by atoms with Crippen LogP contribution in [0.3, 0.4) is 0 Å². The first kappa shape index (κ1) is 13.7. The van der Waals surface area contributed by atoms with Crippen molar-refractivity contribution in [1.29, 1.82) is 0 Å². The van der Waals surface area contributed by atoms with E-state index in [1.165, 1.54) is 22.7 Å². The number of hydrogen-bond donors (Lipinski definition) is 0. The lowest BCUT2D eigenvalue weighted by Crippen LogP contribution is -2.07. The monoisotopic (exact) mass is 311 g/mol. The minimum atomic E-state index is -0.381. The third-order valence-electron chi connectivity index (χ3n) is 2.81. The molecule has 3 rings (SSSR count). The summed E-state index contributed by atoms with van der Waals surface area (Å²) in [4.78, 5) is 17.0. The van der Waals surface area contributed by atoms with Crippen molar-refractivity contribution in [1.82, 2.24) is 4.98 Å². The highest BCUT2D eigenvalue weighted by atomic mass is 32.1. The lowest BCUT2D eigenvalue weighted by Gasteiger charge is -2.10. The summed E-state index contributed by atoms with van der Waals surface area (Å²) in [5.41, 5.74) is 0.578. The van der Waals surface area contributed by atoms with E-state index in [9.17, 15) is 4.79 Å². The number of thiophene rings is 1. The van der Waals surface area contributed by atoms with Crippen molar-refractivity contribution in [2.45, 2.75) is 19.3 Å². The predicted octanol–water partition coefficient (Wildman–Crippen LogP) is 3.17. The number of hydrogen-bond acceptors (Lipinski definition) is 7. The van der Waals surface area contributed by atoms with Gasteiger partial charge in [0.05, 0.1) is 23.7 Å². The van der Waals surface area contributed by atoms with Gasteiger partial charge in [0.15, 0.2) is 0 Å². The molecule has 2 aromatic rings. The highest BCUT2D eigenvalue weighted by Crippen LogP contribution is 2.31. The summed E-state index contributed by atoms with van der Waals surface area (Å²) >= 11 is 2.91. The number of rotatable bonds is 4. The van der Waals surface area contributed by atoms with Gasteiger partial charge in [-0.25, -0.2) is 9.78 Å². The average Bonchev–Trinajstić information content (AvgIpc) is 3.19. The third kappa shape index (κ3) is 2.90. The van der Waals surface area contributed by atoms with E-state index < -0.39 is 0 Å². The Morgan fingerprint density at radius 3 is 3.00 bits per heavy atom. The second-order valence-electron chi connectivity index (χ2n) is 4.23. The first-order valence-corrected chi connectivity index (χ1v) is 7.92. The maximum absolute atomic E-state index is 11.9. The van der Waals surface area contributed by atoms with Crippen LogP contribution < -0.4 is 0 Å². The SMILES string of the molecule is C[C@@H](OC(=O)c1ccsc1)c1cnc(C2OCCO2)s1. The maximum Gasteiger partial charge on any atom is 0.339 e. The van der Waals surface area contributed by atoms with Gasteiger partial charge >= 0.3 is 5.97 Å². The Hall–Kier alpha value is -1.28. The van der Waals surface area contributed by atoms with Crippen molar-refractivity contribution < 1.29 is 19.0 Å². The topological polar surface area (TPSA) is 57.7 Å². The molecule has 0 amide bonds. The maximum atomic E-state index is 11.9. The van der Waals surface area contributed by atoms with Crippen molar-refractivity contribution in [3.8, 4) is 0 Å². The molecule has 0 aromatic carbocycles. The molecule has 1 aliphatic rings. The first-order valence-electron chi connectivity index (χ1n) is 6.16. The van der Waals surface area contributed by atoms with Gasteiger partial charge in [0, 0.05) is 11.6 Å². The van der Waals surface area contributed by atoms with E-state index in [2.05, 4.69) is 4.98 Å². The number of thiazole rings is 1. The lowest BCUT2D eigenvalue weighted by atomic mass is 10.3. The highest BCUT2D eigenvalue weighted by Gasteiger charge is 2.24. The largest absolute Gasteiger partial charge is 0.453 e. The third-order valence-corrected chi connectivity index (χ3v) is 4.67. The zero-order chi connectivity index (χ0) is 13.9. The fraction of sp³-hybridized carbons (Fsp3) is 0.385. The molecule has 0 bridgehead atoms. The zero-order valence-corrected chi connectivity index (χ0v) is 12.4. The molecule has 0 spiro atoms. The van der Waals surface area contributed by atoms with Gasteiger partial charge in [0.25, 0.3) is 0 Å². The Bertz CT molecular complexity index is 575. The van der Waals surface area contributed by atoms with E-state index in [4.69, 9.17) is 14.2 Å². The summed E-state index contributed by atoms with van der Waals surface area (Å²) in [5, 5.41) is 4.38. The fourth-order valence-corrected chi connectivity index (χ4v) is 3.29. The van der Waals surface area contributed by atoms with Gasteiger partial charge in [-0.05, 0) is 18.4 Å². The second-order valence-corrected chi connectivity index (χ2v) is 6.11. The molecule has 0 saturated carbocycles. The quantitative estimate of drug-likeness (QED) is 0.812. The number of aromatic nitrogens is 1. The second kappa shape index (κ2) is 6.01. The summed E-state index contributed by atoms with van der Waals surface area (Å²) < 4.78 is 16.2. The summed E-state index contributed by atoms with van der Waals surface area (Å²) in [5.74, 6) is -0.318. The summed E-state index contributed by atoms with van der Waals surface area (Å²) in [6.45, 7) is 3.00. The van der Waals surface area contributed by atoms with Gasteiger partial charge in [-0.3, -0.25) is 0 Å². The Morgan fingerprint density at radius 2 is 2.30 bits per heavy atom. The molecule has 5 nitrogen and oxygen atoms in total. The molecule has 7 heteroatoms. The van der Waals surface area contributed by atoms with Crippen LogP contribution in [-0.4, -0.2) is 24.2 Å². The minimum absolute atomic E-state index is 0.318. The van der Waals surface area contributed by atoms with Gasteiger partial charge in [-0.15, -0.1) is 11.3 Å². The van der Waals surface area contributed by atoms with Gasteiger partial charge in [0.2, 0.25) is 6.29 Å². The van der Waals surface area contributed by atoms with Crippen LogP contribution in [0.1, 0.15) is 39.6 Å². The molecule has 1 saturated heterocycles. The molecule has 0 aliphatic carbocycles. The van der Waals surface area contributed by atoms with Crippen LogP contribution in [0.2, 0.25) is 0 Å². The van der Waals surface area contributed by atoms with Crippen molar-refractivity contribution in [3.05, 3.63) is 38.5 Å². The fourth-order valence-electron chi connectivity index (χ4n) is 1.77. The van der Waals surface area contributed by atoms with Gasteiger partial charge in [-0.2, -0.15) is 11.3 Å². The molecular formula is C13H13NO4S2. The smallest absolute Gasteiger partial charge is 0.339 e. The van der Waals surface area contributed by atoms with Crippen LogP contribution in [0.5, 0.6) is 0 Å². The molecule has 1 aliphatic heterocycles. The van der Waals surface area contributed by atoms with Crippen LogP contribution in [0, 0.1) is 0 Å². The van der Waals surface area contributed by atoms with Crippen LogP contribution in [0.25, 0.3) is 0 Å². The molecule has 3 heterocycles. The minimum Gasteiger partial charge on any atom is -0.453 e. The van der Waals surface area contributed by atoms with Crippen molar-refractivity contribution in [3.63, 3.8) is 0 Å². The van der Waals surface area contributed by atoms with Gasteiger partial charge in [-0.1, -0.05) is 0 Å². The Kier molecular flexibility index (Phi) is 4.11. The number of esters is 1. The lowest BCUT2D eigenvalue weighted by molar-refractivity contribution is -0.0442. The molecule has 0 radical (unpaired) electrons. The number of carbonyl (C=O) groups excluding carboxylic acids is 1. The molecule has 2 aromatic heterocycles. The summed E-state index contributed by atoms with van der Waals surface area (Å²) in [7, 11) is 0. The van der Waals surface area contributed by atoms with Crippen molar-refractivity contribution in [2.75, 3.05) is 13.2 Å². The Labute approximate surface area is 124 Å². The summed E-state index contributed by atoms with van der Waals surface area (Å²) in [6, 6.07) is 1.75. The first-order chi connectivity index (χ1) is 9.74. The van der Waals surface area contributed by atoms with E-state index in [0.717, 1.165) is 9.88 Å². The normalized spacial score (nSPS) is 17.2. The number of ether oxygens (including phenoxy) is 3. The molecule has 1 fully saturated rings. The van der Waals surface area contributed by atoms with Gasteiger partial charge < -0.3 is 14.2 Å². The molecule has 0 unspecified atom stereocenters. The standard InChI is InChI=1S/C13H13NO4S2/c1-8(18-12(15)9-2-5-19-7-9)10-6-14-11(20-10)13-16-3-4-17-13/h2,5-8,13H,3-4H2,1H3/t8-/m1/s1. The van der Waals surface area contributed by atoms with E-state index in [0.29, 0.717) is 18.8 Å². The molecule has 1 atom stereocenters. The van der Waals surface area contributed by atoms with Crippen LogP contribution in [0.15, 0.2) is 23.0 Å². The van der Waals surface area contributed by atoms with Crippen molar-refractivity contribution >= 4 is 28.6 Å². The Balaban J connectivity index is 1.65. The van der Waals surface area contributed by atoms with Gasteiger partial charge in [0.1, 0.15) is 11.1 Å². The summed E-state index contributed by atoms with van der Waals surface area (Å²) in [6.07, 6.45) is 0.986. The Morgan fingerprint density at radius 1 is 1.50 bits per heavy atom. The van der Waals surface area contributed by atoms with E-state index >= 15 is 0 Å². The molecule has 106 valence electrons. The van der Waals surface area contributed by atoms with E-state index in [-0.39, 0.29) is 18.4 Å². The van der Waals surface area contributed by atoms with E-state index in [1.807, 2.05) is 12.3 Å². The van der Waals surface area contributed by atoms with Crippen LogP contribution >= 0.6 is 22.7 Å². The van der Waals surface area contributed by atoms with Crippen LogP contribution in [-0.2, 0) is 14.2 Å². The van der Waals surface area contributed by atoms with E-state index in [1.54, 1.807) is 17.6 Å². The molecule has 20 heavy (non-hydrogen) atoms. The van der Waals surface area contributed by atoms with Crippen molar-refractivity contribution in [2.24, 2.45) is 0 Å². The number of nitrogens with zero attached hydrogens (tertiary/aromatic N) is 1. The van der Waals surface area contributed by atoms with Crippen LogP contribution in [0.4, 0.5) is 0 Å². The molecule has 0 N–H and O–H groups in total. The number of carbonyl (C=O) groups is 1. The average molecular weight is 311 g/mol. The molecular weight excluding hydrogens is 298 g/mol.